The highest BCUT2D eigenvalue weighted by Crippen LogP contribution is 2.37. The Balaban J connectivity index is 0.000000221. The van der Waals surface area contributed by atoms with Gasteiger partial charge in [0.1, 0.15) is 0 Å². The van der Waals surface area contributed by atoms with Crippen molar-refractivity contribution in [1.29, 1.82) is 0 Å². The number of likely N-dealkylation sites (tertiary alicyclic amines) is 1. The van der Waals surface area contributed by atoms with E-state index in [1.165, 1.54) is 31.5 Å². The molecule has 2 fully saturated rings. The molecule has 6 heteroatoms. The summed E-state index contributed by atoms with van der Waals surface area (Å²) in [6.07, 6.45) is 4.58. The predicted octanol–water partition coefficient (Wildman–Crippen LogP) is 1.14. The molecule has 0 radical (unpaired) electrons. The van der Waals surface area contributed by atoms with Gasteiger partial charge in [-0.1, -0.05) is 6.58 Å². The van der Waals surface area contributed by atoms with Gasteiger partial charge in [0.25, 0.3) is 0 Å². The number of nitrogens with zero attached hydrogens (tertiary/aromatic N) is 1. The lowest BCUT2D eigenvalue weighted by Gasteiger charge is -2.36. The first kappa shape index (κ1) is 16.4. The van der Waals surface area contributed by atoms with Crippen LogP contribution >= 0.6 is 0 Å². The van der Waals surface area contributed by atoms with Crippen molar-refractivity contribution >= 4 is 11.9 Å². The van der Waals surface area contributed by atoms with E-state index >= 15 is 0 Å². The largest absolute Gasteiger partial charge is 0.478 e. The third-order valence-electron chi connectivity index (χ3n) is 3.42. The molecule has 2 saturated heterocycles. The maximum Gasteiger partial charge on any atom is 0.328 e. The van der Waals surface area contributed by atoms with Crippen molar-refractivity contribution in [1.82, 2.24) is 4.90 Å². The van der Waals surface area contributed by atoms with Gasteiger partial charge in [-0.3, -0.25) is 0 Å². The van der Waals surface area contributed by atoms with E-state index in [1.807, 2.05) is 0 Å². The molecule has 2 aliphatic heterocycles. The number of rotatable bonds is 2. The lowest BCUT2D eigenvalue weighted by molar-refractivity contribution is -0.134. The number of hydrogen-bond donors (Lipinski definition) is 2. The van der Waals surface area contributed by atoms with Gasteiger partial charge in [-0.25, -0.2) is 9.59 Å². The minimum atomic E-state index is -1.26. The first-order chi connectivity index (χ1) is 9.33. The van der Waals surface area contributed by atoms with Gasteiger partial charge >= 0.3 is 11.9 Å². The van der Waals surface area contributed by atoms with Crippen LogP contribution in [0.2, 0.25) is 0 Å². The minimum Gasteiger partial charge on any atom is -0.478 e. The molecule has 2 aliphatic rings. The molecular weight excluding hydrogens is 262 g/mol. The molecule has 1 spiro atoms. The molecular formula is C14H21NO5. The Labute approximate surface area is 118 Å². The highest BCUT2D eigenvalue weighted by Gasteiger charge is 2.38. The average molecular weight is 283 g/mol. The molecule has 2 heterocycles. The van der Waals surface area contributed by atoms with Crippen molar-refractivity contribution in [2.24, 2.45) is 0 Å². The van der Waals surface area contributed by atoms with Gasteiger partial charge in [0.05, 0.1) is 12.2 Å². The second kappa shape index (κ2) is 7.21. The van der Waals surface area contributed by atoms with Crippen LogP contribution in [0.3, 0.4) is 0 Å². The summed E-state index contributed by atoms with van der Waals surface area (Å²) in [5, 5.41) is 15.6. The molecule has 0 aromatic carbocycles. The Morgan fingerprint density at radius 2 is 1.75 bits per heavy atom. The summed E-state index contributed by atoms with van der Waals surface area (Å²) in [7, 11) is 2.18. The highest BCUT2D eigenvalue weighted by atomic mass is 16.5. The van der Waals surface area contributed by atoms with Crippen LogP contribution in [0.4, 0.5) is 0 Å². The topological polar surface area (TPSA) is 87.1 Å². The number of carbonyl (C=O) groups is 2. The van der Waals surface area contributed by atoms with Crippen molar-refractivity contribution < 1.29 is 24.5 Å². The van der Waals surface area contributed by atoms with Crippen LogP contribution in [0.1, 0.15) is 19.3 Å². The molecule has 0 atom stereocenters. The summed E-state index contributed by atoms with van der Waals surface area (Å²) in [4.78, 5) is 21.5. The quantitative estimate of drug-likeness (QED) is 0.584. The van der Waals surface area contributed by atoms with Crippen molar-refractivity contribution in [2.45, 2.75) is 24.9 Å². The second-order valence-electron chi connectivity index (χ2n) is 5.21. The maximum atomic E-state index is 9.55. The van der Waals surface area contributed by atoms with E-state index in [1.54, 1.807) is 0 Å². The minimum absolute atomic E-state index is 0.184. The molecule has 0 amide bonds. The number of ether oxygens (including phenoxy) is 1. The van der Waals surface area contributed by atoms with Gasteiger partial charge < -0.3 is 19.8 Å². The zero-order valence-corrected chi connectivity index (χ0v) is 11.7. The zero-order chi connectivity index (χ0) is 15.2. The molecule has 20 heavy (non-hydrogen) atoms. The van der Waals surface area contributed by atoms with Gasteiger partial charge in [-0.15, -0.1) is 0 Å². The Kier molecular flexibility index (Phi) is 5.91. The van der Waals surface area contributed by atoms with E-state index in [0.717, 1.165) is 13.0 Å². The fraction of sp³-hybridized carbons (Fsp3) is 0.571. The lowest BCUT2D eigenvalue weighted by atomic mass is 9.88. The molecule has 2 N–H and O–H groups in total. The van der Waals surface area contributed by atoms with Crippen LogP contribution in [0.25, 0.3) is 0 Å². The number of hydrogen-bond acceptors (Lipinski definition) is 4. The SMILES string of the molecule is C=C1COC2(CCN(C)CC2)C1.O=C(O)C=CC(=O)O. The van der Waals surface area contributed by atoms with E-state index in [2.05, 4.69) is 18.5 Å². The van der Waals surface area contributed by atoms with Crippen LogP contribution in [0.15, 0.2) is 24.3 Å². The molecule has 2 rings (SSSR count). The van der Waals surface area contributed by atoms with Gasteiger partial charge in [-0.05, 0) is 31.9 Å². The monoisotopic (exact) mass is 283 g/mol. The van der Waals surface area contributed by atoms with E-state index in [-0.39, 0.29) is 5.60 Å². The smallest absolute Gasteiger partial charge is 0.328 e. The van der Waals surface area contributed by atoms with Crippen LogP contribution in [-0.4, -0.2) is 59.4 Å². The Bertz CT molecular complexity index is 392. The summed E-state index contributed by atoms with van der Waals surface area (Å²) in [6.45, 7) is 7.13. The number of aliphatic carboxylic acids is 2. The number of piperidine rings is 1. The third-order valence-corrected chi connectivity index (χ3v) is 3.42. The van der Waals surface area contributed by atoms with Crippen molar-refractivity contribution in [3.05, 3.63) is 24.3 Å². The lowest BCUT2D eigenvalue weighted by Crippen LogP contribution is -2.42. The Morgan fingerprint density at radius 3 is 2.10 bits per heavy atom. The predicted molar refractivity (Wildman–Crippen MR) is 73.6 cm³/mol. The van der Waals surface area contributed by atoms with Crippen molar-refractivity contribution in [3.63, 3.8) is 0 Å². The van der Waals surface area contributed by atoms with Gasteiger partial charge in [0, 0.05) is 25.2 Å². The molecule has 112 valence electrons. The number of carboxylic acid groups (broad SMARTS) is 2. The standard InChI is InChI=1S/C10H17NO.C4H4O4/c1-9-7-10(12-8-9)3-5-11(2)6-4-10;5-3(6)1-2-4(7)8/h1,3-8H2,2H3;1-2H,(H,5,6)(H,7,8). The van der Waals surface area contributed by atoms with E-state index < -0.39 is 11.9 Å². The van der Waals surface area contributed by atoms with Crippen LogP contribution in [0, 0.1) is 0 Å². The molecule has 6 nitrogen and oxygen atoms in total. The summed E-state index contributed by atoms with van der Waals surface area (Å²) >= 11 is 0. The summed E-state index contributed by atoms with van der Waals surface area (Å²) in [6, 6.07) is 0. The van der Waals surface area contributed by atoms with Crippen LogP contribution in [-0.2, 0) is 14.3 Å². The normalized spacial score (nSPS) is 21.8. The summed E-state index contributed by atoms with van der Waals surface area (Å²) in [5.74, 6) is -2.51. The highest BCUT2D eigenvalue weighted by molar-refractivity contribution is 5.89. The van der Waals surface area contributed by atoms with E-state index in [0.29, 0.717) is 12.2 Å². The Morgan fingerprint density at radius 1 is 1.25 bits per heavy atom. The second-order valence-corrected chi connectivity index (χ2v) is 5.21. The average Bonchev–Trinajstić information content (AvgIpc) is 2.73. The number of carboxylic acids is 2. The fourth-order valence-electron chi connectivity index (χ4n) is 2.30. The first-order valence-electron chi connectivity index (χ1n) is 6.46. The van der Waals surface area contributed by atoms with Crippen LogP contribution in [0.5, 0.6) is 0 Å². The molecule has 0 aliphatic carbocycles. The third kappa shape index (κ3) is 5.54. The molecule has 0 bridgehead atoms. The van der Waals surface area contributed by atoms with Crippen LogP contribution < -0.4 is 0 Å². The van der Waals surface area contributed by atoms with E-state index in [4.69, 9.17) is 14.9 Å². The first-order valence-corrected chi connectivity index (χ1v) is 6.46. The summed E-state index contributed by atoms with van der Waals surface area (Å²) < 4.78 is 5.82. The van der Waals surface area contributed by atoms with Gasteiger partial charge in [0.2, 0.25) is 0 Å². The van der Waals surface area contributed by atoms with Crippen molar-refractivity contribution in [3.8, 4) is 0 Å². The summed E-state index contributed by atoms with van der Waals surface area (Å²) in [5.41, 5.74) is 1.46. The maximum absolute atomic E-state index is 9.55. The molecule has 0 saturated carbocycles. The molecule has 0 aromatic heterocycles. The van der Waals surface area contributed by atoms with E-state index in [9.17, 15) is 9.59 Å². The fourth-order valence-corrected chi connectivity index (χ4v) is 2.30. The van der Waals surface area contributed by atoms with Crippen molar-refractivity contribution in [2.75, 3.05) is 26.7 Å². The van der Waals surface area contributed by atoms with Gasteiger partial charge in [0.15, 0.2) is 0 Å². The molecule has 0 aromatic rings. The Hall–Kier alpha value is -1.66. The molecule has 0 unspecified atom stereocenters. The van der Waals surface area contributed by atoms with Gasteiger partial charge in [-0.2, -0.15) is 0 Å². The zero-order valence-electron chi connectivity index (χ0n) is 11.7.